The van der Waals surface area contributed by atoms with Crippen molar-refractivity contribution in [2.45, 2.75) is 20.0 Å². The highest BCUT2D eigenvalue weighted by molar-refractivity contribution is 5.89. The van der Waals surface area contributed by atoms with Gasteiger partial charge in [-0.15, -0.1) is 0 Å². The number of benzene rings is 1. The predicted molar refractivity (Wildman–Crippen MR) is 62.2 cm³/mol. The van der Waals surface area contributed by atoms with Crippen LogP contribution >= 0.6 is 0 Å². The second kappa shape index (κ2) is 6.20. The number of halogens is 1. The summed E-state index contributed by atoms with van der Waals surface area (Å²) < 4.78 is 23.3. The molecule has 17 heavy (non-hydrogen) atoms. The Hall–Kier alpha value is -1.62. The quantitative estimate of drug-likeness (QED) is 0.632. The molecule has 0 radical (unpaired) electrons. The summed E-state index contributed by atoms with van der Waals surface area (Å²) in [5.74, 6) is -1.21. The lowest BCUT2D eigenvalue weighted by molar-refractivity contribution is 0.00436. The van der Waals surface area contributed by atoms with Gasteiger partial charge < -0.3 is 15.2 Å². The number of ether oxygens (including phenoxy) is 2. The molecule has 4 nitrogen and oxygen atoms in total. The van der Waals surface area contributed by atoms with E-state index in [2.05, 4.69) is 0 Å². The summed E-state index contributed by atoms with van der Waals surface area (Å²) >= 11 is 0. The van der Waals surface area contributed by atoms with Gasteiger partial charge in [0.2, 0.25) is 0 Å². The molecule has 0 fully saturated rings. The highest BCUT2D eigenvalue weighted by Crippen LogP contribution is 2.13. The van der Waals surface area contributed by atoms with Crippen LogP contribution in [0.5, 0.6) is 0 Å². The zero-order valence-corrected chi connectivity index (χ0v) is 9.90. The molecular weight excluding hydrogens is 225 g/mol. The summed E-state index contributed by atoms with van der Waals surface area (Å²) in [5, 5.41) is 0. The van der Waals surface area contributed by atoms with Gasteiger partial charge in [0.1, 0.15) is 11.9 Å². The Balaban J connectivity index is 2.60. The zero-order chi connectivity index (χ0) is 12.8. The van der Waals surface area contributed by atoms with E-state index in [9.17, 15) is 9.18 Å². The van der Waals surface area contributed by atoms with E-state index >= 15 is 0 Å². The Morgan fingerprint density at radius 3 is 2.82 bits per heavy atom. The maximum atomic E-state index is 13.1. The van der Waals surface area contributed by atoms with Gasteiger partial charge in [0.15, 0.2) is 0 Å². The van der Waals surface area contributed by atoms with Crippen molar-refractivity contribution in [3.63, 3.8) is 0 Å². The standard InChI is InChI=1S/C12H16FNO3/c1-3-16-7-8(2)17-12(15)9-4-5-11(14)10(13)6-9/h4-6,8H,3,7,14H2,1-2H3. The SMILES string of the molecule is CCOCC(C)OC(=O)c1ccc(N)c(F)c1. The average Bonchev–Trinajstić information content (AvgIpc) is 2.30. The molecule has 0 heterocycles. The van der Waals surface area contributed by atoms with Crippen LogP contribution in [0, 0.1) is 5.82 Å². The molecule has 1 rings (SSSR count). The molecule has 1 aromatic carbocycles. The van der Waals surface area contributed by atoms with E-state index < -0.39 is 11.8 Å². The number of anilines is 1. The molecule has 0 spiro atoms. The first kappa shape index (κ1) is 13.4. The van der Waals surface area contributed by atoms with Crippen LogP contribution in [0.3, 0.4) is 0 Å². The van der Waals surface area contributed by atoms with E-state index in [4.69, 9.17) is 15.2 Å². The van der Waals surface area contributed by atoms with Crippen LogP contribution in [0.15, 0.2) is 18.2 Å². The van der Waals surface area contributed by atoms with Gasteiger partial charge in [0.05, 0.1) is 17.9 Å². The summed E-state index contributed by atoms with van der Waals surface area (Å²) in [6.45, 7) is 4.43. The number of esters is 1. The molecule has 1 atom stereocenters. The van der Waals surface area contributed by atoms with Crippen molar-refractivity contribution in [3.05, 3.63) is 29.6 Å². The topological polar surface area (TPSA) is 61.5 Å². The summed E-state index contributed by atoms with van der Waals surface area (Å²) in [6.07, 6.45) is -0.372. The molecule has 0 aliphatic rings. The van der Waals surface area contributed by atoms with Crippen LogP contribution in [-0.2, 0) is 9.47 Å². The summed E-state index contributed by atoms with van der Waals surface area (Å²) in [7, 11) is 0. The minimum absolute atomic E-state index is 0.00362. The van der Waals surface area contributed by atoms with E-state index in [1.807, 2.05) is 6.92 Å². The fourth-order valence-corrected chi connectivity index (χ4v) is 1.22. The van der Waals surface area contributed by atoms with Crippen molar-refractivity contribution >= 4 is 11.7 Å². The highest BCUT2D eigenvalue weighted by Gasteiger charge is 2.13. The first-order chi connectivity index (χ1) is 8.04. The van der Waals surface area contributed by atoms with Gasteiger partial charge in [-0.1, -0.05) is 0 Å². The minimum Gasteiger partial charge on any atom is -0.457 e. The van der Waals surface area contributed by atoms with E-state index in [0.717, 1.165) is 6.07 Å². The number of hydrogen-bond acceptors (Lipinski definition) is 4. The van der Waals surface area contributed by atoms with Crippen LogP contribution in [-0.4, -0.2) is 25.3 Å². The molecule has 0 aliphatic heterocycles. The largest absolute Gasteiger partial charge is 0.457 e. The third-order valence-electron chi connectivity index (χ3n) is 2.10. The highest BCUT2D eigenvalue weighted by atomic mass is 19.1. The molecule has 0 aromatic heterocycles. The van der Waals surface area contributed by atoms with E-state index in [-0.39, 0.29) is 17.4 Å². The minimum atomic E-state index is -0.628. The number of rotatable bonds is 5. The fraction of sp³-hybridized carbons (Fsp3) is 0.417. The number of carbonyl (C=O) groups is 1. The molecule has 0 aliphatic carbocycles. The molecule has 5 heteroatoms. The summed E-state index contributed by atoms with van der Waals surface area (Å²) in [6, 6.07) is 3.82. The Morgan fingerprint density at radius 1 is 1.53 bits per heavy atom. The van der Waals surface area contributed by atoms with Crippen LogP contribution in [0.25, 0.3) is 0 Å². The maximum Gasteiger partial charge on any atom is 0.338 e. The summed E-state index contributed by atoms with van der Waals surface area (Å²) in [4.78, 5) is 11.6. The number of hydrogen-bond donors (Lipinski definition) is 1. The molecule has 0 amide bonds. The summed E-state index contributed by atoms with van der Waals surface area (Å²) in [5.41, 5.74) is 5.45. The molecule has 1 aromatic rings. The first-order valence-corrected chi connectivity index (χ1v) is 5.38. The van der Waals surface area contributed by atoms with Crippen molar-refractivity contribution in [2.75, 3.05) is 18.9 Å². The van der Waals surface area contributed by atoms with Gasteiger partial charge >= 0.3 is 5.97 Å². The van der Waals surface area contributed by atoms with Gasteiger partial charge in [-0.2, -0.15) is 0 Å². The van der Waals surface area contributed by atoms with Crippen molar-refractivity contribution < 1.29 is 18.7 Å². The van der Waals surface area contributed by atoms with Crippen molar-refractivity contribution in [1.82, 2.24) is 0 Å². The number of nitrogen functional groups attached to an aromatic ring is 1. The van der Waals surface area contributed by atoms with Crippen LogP contribution in [0.1, 0.15) is 24.2 Å². The first-order valence-electron chi connectivity index (χ1n) is 5.38. The normalized spacial score (nSPS) is 12.2. The van der Waals surface area contributed by atoms with E-state index in [1.165, 1.54) is 12.1 Å². The second-order valence-electron chi connectivity index (χ2n) is 3.61. The monoisotopic (exact) mass is 241 g/mol. The van der Waals surface area contributed by atoms with Crippen molar-refractivity contribution in [1.29, 1.82) is 0 Å². The molecule has 2 N–H and O–H groups in total. The molecule has 0 saturated carbocycles. The van der Waals surface area contributed by atoms with Crippen molar-refractivity contribution in [3.8, 4) is 0 Å². The third-order valence-corrected chi connectivity index (χ3v) is 2.10. The van der Waals surface area contributed by atoms with Crippen LogP contribution in [0.4, 0.5) is 10.1 Å². The molecular formula is C12H16FNO3. The lowest BCUT2D eigenvalue weighted by Gasteiger charge is -2.13. The Bertz CT molecular complexity index is 395. The smallest absolute Gasteiger partial charge is 0.338 e. The fourth-order valence-electron chi connectivity index (χ4n) is 1.22. The van der Waals surface area contributed by atoms with E-state index in [0.29, 0.717) is 13.2 Å². The third kappa shape index (κ3) is 4.03. The van der Waals surface area contributed by atoms with Gasteiger partial charge in [-0.3, -0.25) is 0 Å². The lowest BCUT2D eigenvalue weighted by Crippen LogP contribution is -2.20. The van der Waals surface area contributed by atoms with Crippen LogP contribution in [0.2, 0.25) is 0 Å². The Morgan fingerprint density at radius 2 is 2.24 bits per heavy atom. The zero-order valence-electron chi connectivity index (χ0n) is 9.90. The van der Waals surface area contributed by atoms with Crippen molar-refractivity contribution in [2.24, 2.45) is 0 Å². The Kier molecular flexibility index (Phi) is 4.90. The maximum absolute atomic E-state index is 13.1. The van der Waals surface area contributed by atoms with Gasteiger partial charge in [0, 0.05) is 6.61 Å². The van der Waals surface area contributed by atoms with E-state index in [1.54, 1.807) is 6.92 Å². The van der Waals surface area contributed by atoms with Gasteiger partial charge in [-0.25, -0.2) is 9.18 Å². The van der Waals surface area contributed by atoms with Crippen LogP contribution < -0.4 is 5.73 Å². The predicted octanol–water partition coefficient (Wildman–Crippen LogP) is 1.99. The molecule has 0 saturated heterocycles. The number of nitrogens with two attached hydrogens (primary N) is 1. The second-order valence-corrected chi connectivity index (χ2v) is 3.61. The number of carbonyl (C=O) groups excluding carboxylic acids is 1. The molecule has 0 bridgehead atoms. The van der Waals surface area contributed by atoms with Gasteiger partial charge in [-0.05, 0) is 32.0 Å². The van der Waals surface area contributed by atoms with Gasteiger partial charge in [0.25, 0.3) is 0 Å². The Labute approximate surface area is 99.5 Å². The average molecular weight is 241 g/mol. The lowest BCUT2D eigenvalue weighted by atomic mass is 10.2. The molecule has 94 valence electrons. The molecule has 1 unspecified atom stereocenters.